The summed E-state index contributed by atoms with van der Waals surface area (Å²) in [5, 5.41) is 0.482. The van der Waals surface area contributed by atoms with Crippen molar-refractivity contribution in [1.82, 2.24) is 0 Å². The maximum atomic E-state index is 12.5. The molecule has 0 fully saturated rings. The van der Waals surface area contributed by atoms with E-state index in [1.54, 1.807) is 30.3 Å². The van der Waals surface area contributed by atoms with E-state index in [9.17, 15) is 9.59 Å². The molecule has 7 heteroatoms. The average molecular weight is 362 g/mol. The molecule has 1 heterocycles. The fraction of sp³-hybridized carbons (Fsp3) is 0.222. The van der Waals surface area contributed by atoms with Crippen LogP contribution >= 0.6 is 11.6 Å². The van der Waals surface area contributed by atoms with Gasteiger partial charge in [-0.3, -0.25) is 9.69 Å². The molecule has 130 valence electrons. The lowest BCUT2D eigenvalue weighted by Crippen LogP contribution is -2.40. The summed E-state index contributed by atoms with van der Waals surface area (Å²) >= 11 is 6.03. The van der Waals surface area contributed by atoms with E-state index in [2.05, 4.69) is 0 Å². The van der Waals surface area contributed by atoms with E-state index >= 15 is 0 Å². The first-order chi connectivity index (χ1) is 12.0. The number of amides is 1. The van der Waals surface area contributed by atoms with Crippen molar-refractivity contribution in [3.05, 3.63) is 52.5 Å². The number of nitrogens with zero attached hydrogens (tertiary/aromatic N) is 1. The van der Waals surface area contributed by atoms with Crippen LogP contribution < -0.4 is 14.4 Å². The number of rotatable bonds is 3. The summed E-state index contributed by atoms with van der Waals surface area (Å²) in [6.07, 6.45) is -0.908. The lowest BCUT2D eigenvalue weighted by atomic mass is 10.1. The van der Waals surface area contributed by atoms with E-state index in [4.69, 9.17) is 25.8 Å². The molecule has 6 nitrogen and oxygen atoms in total. The molecule has 25 heavy (non-hydrogen) atoms. The van der Waals surface area contributed by atoms with Gasteiger partial charge < -0.3 is 14.2 Å². The molecule has 3 rings (SSSR count). The van der Waals surface area contributed by atoms with Gasteiger partial charge in [-0.1, -0.05) is 23.7 Å². The Bertz CT molecular complexity index is 851. The summed E-state index contributed by atoms with van der Waals surface area (Å²) in [5.41, 5.74) is 1.22. The number of benzene rings is 2. The van der Waals surface area contributed by atoms with Crippen LogP contribution in [0.1, 0.15) is 29.1 Å². The lowest BCUT2D eigenvalue weighted by molar-refractivity contribution is -0.118. The number of carbonyl (C=O) groups is 2. The number of fused-ring (bicyclic) bond motifs is 1. The number of hydrogen-bond donors (Lipinski definition) is 0. The van der Waals surface area contributed by atoms with Crippen molar-refractivity contribution in [2.24, 2.45) is 0 Å². The van der Waals surface area contributed by atoms with Gasteiger partial charge in [-0.15, -0.1) is 0 Å². The molecule has 0 saturated heterocycles. The number of esters is 1. The van der Waals surface area contributed by atoms with Gasteiger partial charge >= 0.3 is 5.97 Å². The Hall–Kier alpha value is -2.73. The van der Waals surface area contributed by atoms with E-state index in [0.29, 0.717) is 27.8 Å². The smallest absolute Gasteiger partial charge is 0.342 e. The van der Waals surface area contributed by atoms with Crippen molar-refractivity contribution in [3.8, 4) is 11.5 Å². The molecule has 2 aromatic rings. The second-order valence-corrected chi connectivity index (χ2v) is 5.86. The molecule has 0 spiro atoms. The van der Waals surface area contributed by atoms with Gasteiger partial charge in [-0.2, -0.15) is 0 Å². The summed E-state index contributed by atoms with van der Waals surface area (Å²) in [4.78, 5) is 26.2. The quantitative estimate of drug-likeness (QED) is 0.782. The zero-order valence-electron chi connectivity index (χ0n) is 13.9. The van der Waals surface area contributed by atoms with Crippen LogP contribution in [0.3, 0.4) is 0 Å². The molecule has 0 aromatic heterocycles. The lowest BCUT2D eigenvalue weighted by Gasteiger charge is -2.36. The van der Waals surface area contributed by atoms with Crippen molar-refractivity contribution in [2.75, 3.05) is 19.1 Å². The Balaban J connectivity index is 2.18. The summed E-state index contributed by atoms with van der Waals surface area (Å²) in [5.74, 6) is -0.0562. The Kier molecular flexibility index (Phi) is 4.55. The van der Waals surface area contributed by atoms with Crippen LogP contribution in [0.4, 0.5) is 5.69 Å². The number of hydrogen-bond acceptors (Lipinski definition) is 5. The van der Waals surface area contributed by atoms with Gasteiger partial charge in [-0.05, 0) is 12.1 Å². The van der Waals surface area contributed by atoms with Gasteiger partial charge in [0.2, 0.25) is 12.1 Å². The van der Waals surface area contributed by atoms with Crippen molar-refractivity contribution in [3.63, 3.8) is 0 Å². The minimum absolute atomic E-state index is 0.228. The highest BCUT2D eigenvalue weighted by Gasteiger charge is 2.37. The van der Waals surface area contributed by atoms with E-state index in [1.165, 1.54) is 32.1 Å². The summed E-state index contributed by atoms with van der Waals surface area (Å²) in [6.45, 7) is 1.40. The third-order valence-corrected chi connectivity index (χ3v) is 4.14. The van der Waals surface area contributed by atoms with E-state index < -0.39 is 12.2 Å². The zero-order chi connectivity index (χ0) is 18.1. The van der Waals surface area contributed by atoms with Gasteiger partial charge in [0.15, 0.2) is 11.5 Å². The number of carbonyl (C=O) groups excluding carboxylic acids is 2. The molecule has 1 unspecified atom stereocenters. The molecule has 0 N–H and O–H groups in total. The number of halogens is 1. The molecule has 1 aliphatic heterocycles. The van der Waals surface area contributed by atoms with Crippen molar-refractivity contribution in [2.45, 2.75) is 13.2 Å². The molecule has 0 saturated carbocycles. The van der Waals surface area contributed by atoms with Crippen molar-refractivity contribution >= 4 is 29.2 Å². The minimum atomic E-state index is -0.908. The number of anilines is 1. The van der Waals surface area contributed by atoms with Crippen LogP contribution in [0.15, 0.2) is 36.4 Å². The maximum Gasteiger partial charge on any atom is 0.342 e. The first-order valence-electron chi connectivity index (χ1n) is 7.48. The van der Waals surface area contributed by atoms with Crippen LogP contribution in [0.5, 0.6) is 11.5 Å². The summed E-state index contributed by atoms with van der Waals surface area (Å²) < 4.78 is 16.0. The van der Waals surface area contributed by atoms with Crippen molar-refractivity contribution in [1.29, 1.82) is 0 Å². The molecule has 0 radical (unpaired) electrons. The van der Waals surface area contributed by atoms with Gasteiger partial charge in [0.25, 0.3) is 0 Å². The Morgan fingerprint density at radius 3 is 2.44 bits per heavy atom. The summed E-state index contributed by atoms with van der Waals surface area (Å²) in [7, 11) is 2.95. The monoisotopic (exact) mass is 361 g/mol. The normalized spacial score (nSPS) is 16.1. The Labute approximate surface area is 149 Å². The van der Waals surface area contributed by atoms with Gasteiger partial charge in [-0.25, -0.2) is 4.79 Å². The highest BCUT2D eigenvalue weighted by Crippen LogP contribution is 2.42. The fourth-order valence-electron chi connectivity index (χ4n) is 2.79. The van der Waals surface area contributed by atoms with Gasteiger partial charge in [0.05, 0.1) is 25.5 Å². The third kappa shape index (κ3) is 3.00. The molecular formula is C18H16ClNO5. The van der Waals surface area contributed by atoms with Gasteiger partial charge in [0.1, 0.15) is 0 Å². The SMILES string of the molecule is COc1cc2c(cc1OC)N(C(C)=O)C(c1cccc(Cl)c1)OC2=O. The Morgan fingerprint density at radius 1 is 1.16 bits per heavy atom. The second-order valence-electron chi connectivity index (χ2n) is 5.43. The summed E-state index contributed by atoms with van der Waals surface area (Å²) in [6, 6.07) is 9.92. The molecule has 2 aromatic carbocycles. The average Bonchev–Trinajstić information content (AvgIpc) is 2.60. The standard InChI is InChI=1S/C18H16ClNO5/c1-10(21)20-14-9-16(24-3)15(23-2)8-13(14)18(22)25-17(20)11-5-4-6-12(19)7-11/h4-9,17H,1-3H3. The van der Waals surface area contributed by atoms with Crippen LogP contribution in [0, 0.1) is 0 Å². The van der Waals surface area contributed by atoms with Crippen molar-refractivity contribution < 1.29 is 23.8 Å². The van der Waals surface area contributed by atoms with Crippen LogP contribution in [0.25, 0.3) is 0 Å². The number of methoxy groups -OCH3 is 2. The predicted molar refractivity (Wildman–Crippen MR) is 92.3 cm³/mol. The molecule has 1 atom stereocenters. The largest absolute Gasteiger partial charge is 0.493 e. The van der Waals surface area contributed by atoms with Crippen LogP contribution in [0.2, 0.25) is 5.02 Å². The molecular weight excluding hydrogens is 346 g/mol. The number of cyclic esters (lactones) is 1. The maximum absolute atomic E-state index is 12.5. The van der Waals surface area contributed by atoms with Gasteiger partial charge in [0, 0.05) is 29.6 Å². The van der Waals surface area contributed by atoms with E-state index in [-0.39, 0.29) is 11.5 Å². The highest BCUT2D eigenvalue weighted by atomic mass is 35.5. The van der Waals surface area contributed by atoms with Crippen LogP contribution in [-0.2, 0) is 9.53 Å². The van der Waals surface area contributed by atoms with E-state index in [1.807, 2.05) is 0 Å². The third-order valence-electron chi connectivity index (χ3n) is 3.91. The Morgan fingerprint density at radius 2 is 1.84 bits per heavy atom. The molecule has 1 aliphatic rings. The molecule has 0 bridgehead atoms. The van der Waals surface area contributed by atoms with Crippen LogP contribution in [-0.4, -0.2) is 26.1 Å². The predicted octanol–water partition coefficient (Wildman–Crippen LogP) is 3.58. The minimum Gasteiger partial charge on any atom is -0.493 e. The zero-order valence-corrected chi connectivity index (χ0v) is 14.7. The fourth-order valence-corrected chi connectivity index (χ4v) is 2.99. The highest BCUT2D eigenvalue weighted by molar-refractivity contribution is 6.30. The number of ether oxygens (including phenoxy) is 3. The second kappa shape index (κ2) is 6.64. The van der Waals surface area contributed by atoms with E-state index in [0.717, 1.165) is 0 Å². The molecule has 0 aliphatic carbocycles. The first-order valence-corrected chi connectivity index (χ1v) is 7.86. The first kappa shape index (κ1) is 17.1. The molecule has 1 amide bonds. The topological polar surface area (TPSA) is 65.1 Å².